The molecule has 1 atom stereocenters. The van der Waals surface area contributed by atoms with Crippen LogP contribution in [-0.2, 0) is 14.3 Å². The Morgan fingerprint density at radius 1 is 1.04 bits per heavy atom. The highest BCUT2D eigenvalue weighted by molar-refractivity contribution is 5.95. The van der Waals surface area contributed by atoms with Gasteiger partial charge in [0.15, 0.2) is 23.6 Å². The van der Waals surface area contributed by atoms with Gasteiger partial charge in [0, 0.05) is 0 Å². The SMILES string of the molecule is Cc1ccc(OCCC(=O)O[C@H](C)C(=O)Nc2ccc(F)c(F)c2F)cc1. The van der Waals surface area contributed by atoms with Crippen LogP contribution in [0.25, 0.3) is 0 Å². The third-order valence-electron chi connectivity index (χ3n) is 3.57. The van der Waals surface area contributed by atoms with Gasteiger partial charge < -0.3 is 14.8 Å². The van der Waals surface area contributed by atoms with E-state index in [4.69, 9.17) is 9.47 Å². The van der Waals surface area contributed by atoms with E-state index in [1.165, 1.54) is 6.92 Å². The number of carbonyl (C=O) groups is 2. The van der Waals surface area contributed by atoms with Crippen LogP contribution in [0.4, 0.5) is 18.9 Å². The van der Waals surface area contributed by atoms with Gasteiger partial charge in [-0.25, -0.2) is 13.2 Å². The molecule has 0 unspecified atom stereocenters. The Balaban J connectivity index is 1.80. The van der Waals surface area contributed by atoms with Gasteiger partial charge in [0.25, 0.3) is 5.91 Å². The van der Waals surface area contributed by atoms with E-state index in [0.29, 0.717) is 11.8 Å². The highest BCUT2D eigenvalue weighted by Gasteiger charge is 2.21. The second kappa shape index (κ2) is 9.07. The summed E-state index contributed by atoms with van der Waals surface area (Å²) in [5.41, 5.74) is 0.517. The number of aryl methyl sites for hydroxylation is 1. The Bertz CT molecular complexity index is 824. The molecule has 2 aromatic carbocycles. The lowest BCUT2D eigenvalue weighted by atomic mass is 10.2. The van der Waals surface area contributed by atoms with Crippen LogP contribution >= 0.6 is 0 Å². The quantitative estimate of drug-likeness (QED) is 0.586. The van der Waals surface area contributed by atoms with Crippen LogP contribution in [0.5, 0.6) is 5.75 Å². The second-order valence-corrected chi connectivity index (χ2v) is 5.76. The molecule has 0 bridgehead atoms. The summed E-state index contributed by atoms with van der Waals surface area (Å²) in [6.45, 7) is 3.25. The first-order valence-electron chi connectivity index (χ1n) is 8.11. The van der Waals surface area contributed by atoms with Crippen LogP contribution in [0, 0.1) is 24.4 Å². The monoisotopic (exact) mass is 381 g/mol. The van der Waals surface area contributed by atoms with E-state index >= 15 is 0 Å². The summed E-state index contributed by atoms with van der Waals surface area (Å²) in [7, 11) is 0. The van der Waals surface area contributed by atoms with Crippen molar-refractivity contribution < 1.29 is 32.2 Å². The number of rotatable bonds is 7. The minimum atomic E-state index is -1.70. The number of carbonyl (C=O) groups excluding carboxylic acids is 2. The van der Waals surface area contributed by atoms with Crippen molar-refractivity contribution in [2.24, 2.45) is 0 Å². The van der Waals surface area contributed by atoms with Crippen LogP contribution in [0.1, 0.15) is 18.9 Å². The Morgan fingerprint density at radius 3 is 2.37 bits per heavy atom. The molecule has 0 aliphatic rings. The molecule has 0 aliphatic carbocycles. The van der Waals surface area contributed by atoms with Crippen molar-refractivity contribution in [2.45, 2.75) is 26.4 Å². The Kier molecular flexibility index (Phi) is 6.81. The number of hydrogen-bond acceptors (Lipinski definition) is 4. The fourth-order valence-corrected chi connectivity index (χ4v) is 2.05. The first-order chi connectivity index (χ1) is 12.8. The zero-order valence-corrected chi connectivity index (χ0v) is 14.7. The fraction of sp³-hybridized carbons (Fsp3) is 0.263. The van der Waals surface area contributed by atoms with E-state index in [9.17, 15) is 22.8 Å². The smallest absolute Gasteiger partial charge is 0.310 e. The van der Waals surface area contributed by atoms with Gasteiger partial charge in [-0.1, -0.05) is 17.7 Å². The van der Waals surface area contributed by atoms with E-state index in [1.807, 2.05) is 24.4 Å². The molecule has 0 aliphatic heterocycles. The summed E-state index contributed by atoms with van der Waals surface area (Å²) >= 11 is 0. The van der Waals surface area contributed by atoms with Crippen molar-refractivity contribution in [1.82, 2.24) is 0 Å². The first-order valence-corrected chi connectivity index (χ1v) is 8.11. The predicted octanol–water partition coefficient (Wildman–Crippen LogP) is 3.75. The molecule has 0 spiro atoms. The van der Waals surface area contributed by atoms with E-state index in [1.54, 1.807) is 12.1 Å². The molecular formula is C19H18F3NO4. The van der Waals surface area contributed by atoms with Gasteiger partial charge in [-0.2, -0.15) is 0 Å². The first kappa shape index (κ1) is 20.3. The third kappa shape index (κ3) is 5.73. The van der Waals surface area contributed by atoms with Gasteiger partial charge in [0.05, 0.1) is 18.7 Å². The number of hydrogen-bond donors (Lipinski definition) is 1. The molecular weight excluding hydrogens is 363 g/mol. The van der Waals surface area contributed by atoms with E-state index < -0.39 is 41.1 Å². The molecule has 8 heteroatoms. The maximum Gasteiger partial charge on any atom is 0.310 e. The lowest BCUT2D eigenvalue weighted by Gasteiger charge is -2.14. The largest absolute Gasteiger partial charge is 0.493 e. The molecule has 27 heavy (non-hydrogen) atoms. The molecule has 2 rings (SSSR count). The zero-order valence-electron chi connectivity index (χ0n) is 14.7. The maximum absolute atomic E-state index is 13.5. The molecule has 5 nitrogen and oxygen atoms in total. The summed E-state index contributed by atoms with van der Waals surface area (Å²) in [6, 6.07) is 8.78. The summed E-state index contributed by atoms with van der Waals surface area (Å²) < 4.78 is 49.9. The molecule has 1 N–H and O–H groups in total. The fourth-order valence-electron chi connectivity index (χ4n) is 2.05. The molecule has 0 saturated carbocycles. The Hall–Kier alpha value is -3.03. The van der Waals surface area contributed by atoms with Crippen LogP contribution in [0.3, 0.4) is 0 Å². The van der Waals surface area contributed by atoms with E-state index in [2.05, 4.69) is 0 Å². The van der Waals surface area contributed by atoms with Gasteiger partial charge in [0.2, 0.25) is 0 Å². The standard InChI is InChI=1S/C19H18F3NO4/c1-11-3-5-13(6-4-11)26-10-9-16(24)27-12(2)19(25)23-15-8-7-14(20)17(21)18(15)22/h3-8,12H,9-10H2,1-2H3,(H,23,25)/t12-/m1/s1. The van der Waals surface area contributed by atoms with Gasteiger partial charge in [-0.05, 0) is 38.1 Å². The molecule has 1 amide bonds. The zero-order chi connectivity index (χ0) is 20.0. The summed E-state index contributed by atoms with van der Waals surface area (Å²) in [6.07, 6.45) is -1.37. The van der Waals surface area contributed by atoms with Crippen molar-refractivity contribution in [1.29, 1.82) is 0 Å². The number of anilines is 1. The van der Waals surface area contributed by atoms with Crippen LogP contribution in [-0.4, -0.2) is 24.6 Å². The summed E-state index contributed by atoms with van der Waals surface area (Å²) in [5, 5.41) is 2.04. The molecule has 0 saturated heterocycles. The topological polar surface area (TPSA) is 64.6 Å². The maximum atomic E-state index is 13.5. The van der Waals surface area contributed by atoms with Gasteiger partial charge in [-0.15, -0.1) is 0 Å². The van der Waals surface area contributed by atoms with Crippen molar-refractivity contribution in [3.05, 3.63) is 59.4 Å². The lowest BCUT2D eigenvalue weighted by Crippen LogP contribution is -2.30. The number of ether oxygens (including phenoxy) is 2. The molecule has 0 fully saturated rings. The van der Waals surface area contributed by atoms with Gasteiger partial charge in [0.1, 0.15) is 5.75 Å². The Labute approximate surface area is 154 Å². The van der Waals surface area contributed by atoms with E-state index in [-0.39, 0.29) is 13.0 Å². The predicted molar refractivity (Wildman–Crippen MR) is 91.8 cm³/mol. The molecule has 0 aromatic heterocycles. The average Bonchev–Trinajstić information content (AvgIpc) is 2.63. The number of nitrogens with one attached hydrogen (secondary N) is 1. The molecule has 0 radical (unpaired) electrons. The third-order valence-corrected chi connectivity index (χ3v) is 3.57. The van der Waals surface area contributed by atoms with Gasteiger partial charge >= 0.3 is 5.97 Å². The molecule has 0 heterocycles. The number of amides is 1. The second-order valence-electron chi connectivity index (χ2n) is 5.76. The van der Waals surface area contributed by atoms with Crippen molar-refractivity contribution in [2.75, 3.05) is 11.9 Å². The van der Waals surface area contributed by atoms with Crippen LogP contribution < -0.4 is 10.1 Å². The van der Waals surface area contributed by atoms with Gasteiger partial charge in [-0.3, -0.25) is 9.59 Å². The number of benzene rings is 2. The van der Waals surface area contributed by atoms with Crippen molar-refractivity contribution in [3.8, 4) is 5.75 Å². The van der Waals surface area contributed by atoms with Crippen LogP contribution in [0.2, 0.25) is 0 Å². The number of halogens is 3. The van der Waals surface area contributed by atoms with Crippen molar-refractivity contribution >= 4 is 17.6 Å². The highest BCUT2D eigenvalue weighted by Crippen LogP contribution is 2.20. The minimum absolute atomic E-state index is 0.0496. The lowest BCUT2D eigenvalue weighted by molar-refractivity contribution is -0.153. The minimum Gasteiger partial charge on any atom is -0.493 e. The average molecular weight is 381 g/mol. The molecule has 144 valence electrons. The van der Waals surface area contributed by atoms with Crippen molar-refractivity contribution in [3.63, 3.8) is 0 Å². The number of esters is 1. The van der Waals surface area contributed by atoms with E-state index in [0.717, 1.165) is 11.6 Å². The molecule has 2 aromatic rings. The normalized spacial score (nSPS) is 11.6. The Morgan fingerprint density at radius 2 is 1.70 bits per heavy atom. The summed E-state index contributed by atoms with van der Waals surface area (Å²) in [5.74, 6) is -5.60. The summed E-state index contributed by atoms with van der Waals surface area (Å²) in [4.78, 5) is 23.7. The van der Waals surface area contributed by atoms with Crippen LogP contribution in [0.15, 0.2) is 36.4 Å². The highest BCUT2D eigenvalue weighted by atomic mass is 19.2.